The molecule has 53 valence electrons. The van der Waals surface area contributed by atoms with Gasteiger partial charge in [0.1, 0.15) is 0 Å². The molecule has 0 aliphatic rings. The van der Waals surface area contributed by atoms with Gasteiger partial charge < -0.3 is 0 Å². The van der Waals surface area contributed by atoms with E-state index in [1.165, 1.54) is 19.3 Å². The van der Waals surface area contributed by atoms with Crippen LogP contribution in [-0.4, -0.2) is 0 Å². The van der Waals surface area contributed by atoms with Gasteiger partial charge in [0, 0.05) is 0 Å². The lowest BCUT2D eigenvalue weighted by Crippen LogP contribution is -1.78. The third-order valence-corrected chi connectivity index (χ3v) is 1.46. The number of rotatable bonds is 4. The number of hydrogen-bond acceptors (Lipinski definition) is 0. The Morgan fingerprint density at radius 2 is 2.11 bits per heavy atom. The van der Waals surface area contributed by atoms with Gasteiger partial charge in [-0.25, -0.2) is 0 Å². The van der Waals surface area contributed by atoms with Crippen molar-refractivity contribution in [2.45, 2.75) is 39.5 Å². The summed E-state index contributed by atoms with van der Waals surface area (Å²) in [6.07, 6.45) is 6.90. The Hall–Kier alpha value is -0.260. The monoisotopic (exact) mass is 125 g/mol. The standard InChI is InChI=1S/C9H17/c1-4-7-9(6-3)8-5-2/h7H,1,4-6,8H2,2-3H3. The molecule has 0 bridgehead atoms. The Balaban J connectivity index is 3.53. The second-order valence-electron chi connectivity index (χ2n) is 2.25. The van der Waals surface area contributed by atoms with Crippen LogP contribution in [0.15, 0.2) is 11.6 Å². The molecule has 9 heavy (non-hydrogen) atoms. The van der Waals surface area contributed by atoms with E-state index in [9.17, 15) is 0 Å². The first-order valence-electron chi connectivity index (χ1n) is 3.82. The third-order valence-electron chi connectivity index (χ3n) is 1.46. The molecule has 0 nitrogen and oxygen atoms in total. The molecule has 0 aliphatic carbocycles. The van der Waals surface area contributed by atoms with Crippen molar-refractivity contribution < 1.29 is 0 Å². The fourth-order valence-electron chi connectivity index (χ4n) is 0.948. The van der Waals surface area contributed by atoms with Gasteiger partial charge in [0.05, 0.1) is 0 Å². The van der Waals surface area contributed by atoms with E-state index in [4.69, 9.17) is 0 Å². The molecule has 1 radical (unpaired) electrons. The first-order valence-corrected chi connectivity index (χ1v) is 3.82. The van der Waals surface area contributed by atoms with Crippen LogP contribution >= 0.6 is 0 Å². The molecule has 0 aromatic heterocycles. The Labute approximate surface area is 59.0 Å². The molecule has 0 saturated heterocycles. The first-order chi connectivity index (χ1) is 4.35. The minimum atomic E-state index is 0.948. The minimum Gasteiger partial charge on any atom is -0.0853 e. The van der Waals surface area contributed by atoms with Gasteiger partial charge in [0.15, 0.2) is 0 Å². The molecule has 0 saturated carbocycles. The minimum absolute atomic E-state index is 0.948. The van der Waals surface area contributed by atoms with Crippen molar-refractivity contribution in [3.05, 3.63) is 18.6 Å². The van der Waals surface area contributed by atoms with E-state index in [0.29, 0.717) is 0 Å². The average Bonchev–Trinajstić information content (AvgIpc) is 1.88. The zero-order valence-electron chi connectivity index (χ0n) is 6.61. The van der Waals surface area contributed by atoms with E-state index in [1.807, 2.05) is 0 Å². The average molecular weight is 125 g/mol. The van der Waals surface area contributed by atoms with Crippen LogP contribution in [-0.2, 0) is 0 Å². The SMILES string of the molecule is [CH2]CC=C(CC)CCC. The summed E-state index contributed by atoms with van der Waals surface area (Å²) in [6.45, 7) is 8.20. The third kappa shape index (κ3) is 4.26. The normalized spacial score (nSPS) is 12.1. The highest BCUT2D eigenvalue weighted by Gasteiger charge is 1.88. The summed E-state index contributed by atoms with van der Waals surface area (Å²) >= 11 is 0. The topological polar surface area (TPSA) is 0 Å². The molecule has 0 spiro atoms. The van der Waals surface area contributed by atoms with Crippen LogP contribution in [0.1, 0.15) is 39.5 Å². The number of hydrogen-bond donors (Lipinski definition) is 0. The predicted octanol–water partition coefficient (Wildman–Crippen LogP) is 3.35. The Bertz CT molecular complexity index is 80.0. The van der Waals surface area contributed by atoms with Crippen LogP contribution < -0.4 is 0 Å². The summed E-state index contributed by atoms with van der Waals surface area (Å²) in [4.78, 5) is 0. The summed E-state index contributed by atoms with van der Waals surface area (Å²) in [5.74, 6) is 0. The van der Waals surface area contributed by atoms with Crippen molar-refractivity contribution in [2.75, 3.05) is 0 Å². The quantitative estimate of drug-likeness (QED) is 0.505. The van der Waals surface area contributed by atoms with Crippen molar-refractivity contribution in [1.29, 1.82) is 0 Å². The smallest absolute Gasteiger partial charge is 0.0323 e. The van der Waals surface area contributed by atoms with Crippen LogP contribution in [0, 0.1) is 6.92 Å². The van der Waals surface area contributed by atoms with E-state index in [-0.39, 0.29) is 0 Å². The highest BCUT2D eigenvalue weighted by Crippen LogP contribution is 2.08. The largest absolute Gasteiger partial charge is 0.0853 e. The lowest BCUT2D eigenvalue weighted by Gasteiger charge is -1.99. The molecule has 0 atom stereocenters. The molecule has 0 fully saturated rings. The second kappa shape index (κ2) is 5.87. The van der Waals surface area contributed by atoms with Crippen molar-refractivity contribution >= 4 is 0 Å². The van der Waals surface area contributed by atoms with Gasteiger partial charge in [-0.2, -0.15) is 0 Å². The maximum Gasteiger partial charge on any atom is -0.0323 e. The molecule has 0 aliphatic heterocycles. The predicted molar refractivity (Wildman–Crippen MR) is 43.3 cm³/mol. The van der Waals surface area contributed by atoms with E-state index in [2.05, 4.69) is 26.8 Å². The van der Waals surface area contributed by atoms with E-state index >= 15 is 0 Å². The molecule has 0 aromatic carbocycles. The van der Waals surface area contributed by atoms with Crippen LogP contribution in [0.2, 0.25) is 0 Å². The van der Waals surface area contributed by atoms with Gasteiger partial charge in [-0.05, 0) is 26.2 Å². The zero-order valence-corrected chi connectivity index (χ0v) is 6.61. The van der Waals surface area contributed by atoms with Gasteiger partial charge >= 0.3 is 0 Å². The molecular formula is C9H17. The molecule has 0 heterocycles. The van der Waals surface area contributed by atoms with Crippen molar-refractivity contribution in [3.63, 3.8) is 0 Å². The van der Waals surface area contributed by atoms with Gasteiger partial charge in [0.2, 0.25) is 0 Å². The van der Waals surface area contributed by atoms with Crippen molar-refractivity contribution in [1.82, 2.24) is 0 Å². The Kier molecular flexibility index (Phi) is 5.70. The second-order valence-corrected chi connectivity index (χ2v) is 2.25. The molecule has 0 amide bonds. The van der Waals surface area contributed by atoms with Crippen LogP contribution in [0.25, 0.3) is 0 Å². The molecule has 0 N–H and O–H groups in total. The summed E-state index contributed by atoms with van der Waals surface area (Å²) in [7, 11) is 0. The highest BCUT2D eigenvalue weighted by atomic mass is 13.9. The summed E-state index contributed by atoms with van der Waals surface area (Å²) in [5, 5.41) is 0. The fraction of sp³-hybridized carbons (Fsp3) is 0.667. The van der Waals surface area contributed by atoms with Crippen molar-refractivity contribution in [3.8, 4) is 0 Å². The molecule has 0 rings (SSSR count). The summed E-state index contributed by atoms with van der Waals surface area (Å²) in [5.41, 5.74) is 1.56. The highest BCUT2D eigenvalue weighted by molar-refractivity contribution is 5.00. The first kappa shape index (κ1) is 8.74. The van der Waals surface area contributed by atoms with Crippen LogP contribution in [0.5, 0.6) is 0 Å². The van der Waals surface area contributed by atoms with Crippen molar-refractivity contribution in [2.24, 2.45) is 0 Å². The lowest BCUT2D eigenvalue weighted by molar-refractivity contribution is 0.852. The van der Waals surface area contributed by atoms with Crippen LogP contribution in [0.3, 0.4) is 0 Å². The van der Waals surface area contributed by atoms with E-state index < -0.39 is 0 Å². The van der Waals surface area contributed by atoms with Crippen LogP contribution in [0.4, 0.5) is 0 Å². The van der Waals surface area contributed by atoms with E-state index in [0.717, 1.165) is 6.42 Å². The van der Waals surface area contributed by atoms with E-state index in [1.54, 1.807) is 5.57 Å². The maximum atomic E-state index is 3.78. The summed E-state index contributed by atoms with van der Waals surface area (Å²) < 4.78 is 0. The molecule has 0 unspecified atom stereocenters. The lowest BCUT2D eigenvalue weighted by atomic mass is 10.1. The van der Waals surface area contributed by atoms with Gasteiger partial charge in [-0.1, -0.05) is 31.9 Å². The van der Waals surface area contributed by atoms with Gasteiger partial charge in [-0.15, -0.1) is 0 Å². The zero-order chi connectivity index (χ0) is 7.11. The maximum absolute atomic E-state index is 3.78. The van der Waals surface area contributed by atoms with Gasteiger partial charge in [-0.3, -0.25) is 0 Å². The fourth-order valence-corrected chi connectivity index (χ4v) is 0.948. The molecule has 0 aromatic rings. The Morgan fingerprint density at radius 1 is 1.44 bits per heavy atom. The molecule has 0 heteroatoms. The number of allylic oxidation sites excluding steroid dienone is 2. The van der Waals surface area contributed by atoms with Gasteiger partial charge in [0.25, 0.3) is 0 Å². The summed E-state index contributed by atoms with van der Waals surface area (Å²) in [6, 6.07) is 0. The Morgan fingerprint density at radius 3 is 2.44 bits per heavy atom. The molecular weight excluding hydrogens is 108 g/mol.